The Labute approximate surface area is 89.5 Å². The van der Waals surface area contributed by atoms with Gasteiger partial charge in [0.25, 0.3) is 0 Å². The van der Waals surface area contributed by atoms with E-state index < -0.39 is 0 Å². The van der Waals surface area contributed by atoms with E-state index in [1.54, 1.807) is 11.8 Å². The fraction of sp³-hybridized carbons (Fsp3) is 0.600. The third-order valence-electron chi connectivity index (χ3n) is 1.70. The molecule has 0 atom stereocenters. The third kappa shape index (κ3) is 2.87. The van der Waals surface area contributed by atoms with E-state index in [1.165, 1.54) is 6.33 Å². The Morgan fingerprint density at radius 1 is 1.36 bits per heavy atom. The van der Waals surface area contributed by atoms with Crippen molar-refractivity contribution in [3.05, 3.63) is 11.9 Å². The highest BCUT2D eigenvalue weighted by molar-refractivity contribution is 8.00. The number of hydrogen-bond acceptors (Lipinski definition) is 4. The number of hydrogen-bond donors (Lipinski definition) is 1. The van der Waals surface area contributed by atoms with Gasteiger partial charge in [0.05, 0.1) is 0 Å². The number of anilines is 1. The monoisotopic (exact) mass is 211 g/mol. The zero-order valence-corrected chi connectivity index (χ0v) is 9.98. The summed E-state index contributed by atoms with van der Waals surface area (Å²) in [6.07, 6.45) is 2.41. The summed E-state index contributed by atoms with van der Waals surface area (Å²) in [5.74, 6) is 0.606. The van der Waals surface area contributed by atoms with E-state index in [9.17, 15) is 0 Å². The van der Waals surface area contributed by atoms with Crippen molar-refractivity contribution in [2.45, 2.75) is 43.9 Å². The Bertz CT molecular complexity index is 318. The number of aromatic nitrogens is 2. The molecule has 0 amide bonds. The maximum atomic E-state index is 5.79. The summed E-state index contributed by atoms with van der Waals surface area (Å²) in [6.45, 7) is 8.56. The van der Waals surface area contributed by atoms with Crippen LogP contribution in [0.1, 0.15) is 33.3 Å². The zero-order valence-electron chi connectivity index (χ0n) is 9.16. The molecular formula is C10H17N3S. The molecule has 2 N–H and O–H groups in total. The molecule has 78 valence electrons. The molecule has 1 heterocycles. The van der Waals surface area contributed by atoms with Crippen molar-refractivity contribution in [1.29, 1.82) is 0 Å². The minimum absolute atomic E-state index is 0.157. The molecule has 0 aliphatic carbocycles. The van der Waals surface area contributed by atoms with Gasteiger partial charge in [-0.25, -0.2) is 9.97 Å². The van der Waals surface area contributed by atoms with E-state index in [0.29, 0.717) is 5.82 Å². The molecule has 1 rings (SSSR count). The van der Waals surface area contributed by atoms with Crippen molar-refractivity contribution in [2.75, 3.05) is 5.73 Å². The van der Waals surface area contributed by atoms with Crippen molar-refractivity contribution >= 4 is 17.6 Å². The van der Waals surface area contributed by atoms with E-state index in [-0.39, 0.29) is 4.75 Å². The second-order valence-electron chi connectivity index (χ2n) is 4.11. The van der Waals surface area contributed by atoms with Crippen LogP contribution in [0.3, 0.4) is 0 Å². The SMILES string of the molecule is CCc1c(N)ncnc1SC(C)(C)C. The van der Waals surface area contributed by atoms with Gasteiger partial charge in [-0.15, -0.1) is 11.8 Å². The minimum Gasteiger partial charge on any atom is -0.383 e. The quantitative estimate of drug-likeness (QED) is 0.603. The molecule has 0 bridgehead atoms. The van der Waals surface area contributed by atoms with Crippen LogP contribution in [0.5, 0.6) is 0 Å². The largest absolute Gasteiger partial charge is 0.383 e. The van der Waals surface area contributed by atoms with Crippen LogP contribution in [0, 0.1) is 0 Å². The van der Waals surface area contributed by atoms with Gasteiger partial charge in [-0.05, 0) is 6.42 Å². The van der Waals surface area contributed by atoms with Crippen molar-refractivity contribution in [3.8, 4) is 0 Å². The van der Waals surface area contributed by atoms with Gasteiger partial charge >= 0.3 is 0 Å². The average Bonchev–Trinajstić information content (AvgIpc) is 2.01. The number of nitrogen functional groups attached to an aromatic ring is 1. The van der Waals surface area contributed by atoms with Crippen LogP contribution in [0.15, 0.2) is 11.4 Å². The first kappa shape index (κ1) is 11.3. The normalized spacial score (nSPS) is 11.7. The highest BCUT2D eigenvalue weighted by Crippen LogP contribution is 2.33. The lowest BCUT2D eigenvalue weighted by Crippen LogP contribution is -2.10. The molecule has 14 heavy (non-hydrogen) atoms. The lowest BCUT2D eigenvalue weighted by molar-refractivity contribution is 0.795. The van der Waals surface area contributed by atoms with E-state index in [1.807, 2.05) is 0 Å². The van der Waals surface area contributed by atoms with E-state index in [4.69, 9.17) is 5.73 Å². The van der Waals surface area contributed by atoms with Gasteiger partial charge in [0.2, 0.25) is 0 Å². The van der Waals surface area contributed by atoms with Gasteiger partial charge in [-0.2, -0.15) is 0 Å². The van der Waals surface area contributed by atoms with E-state index >= 15 is 0 Å². The fourth-order valence-electron chi connectivity index (χ4n) is 1.12. The van der Waals surface area contributed by atoms with E-state index in [2.05, 4.69) is 37.7 Å². The Kier molecular flexibility index (Phi) is 3.37. The number of thioether (sulfide) groups is 1. The van der Waals surface area contributed by atoms with Gasteiger partial charge < -0.3 is 5.73 Å². The fourth-order valence-corrected chi connectivity index (χ4v) is 2.17. The second-order valence-corrected chi connectivity index (χ2v) is 5.93. The zero-order chi connectivity index (χ0) is 10.8. The Hall–Kier alpha value is -0.770. The molecule has 3 nitrogen and oxygen atoms in total. The topological polar surface area (TPSA) is 51.8 Å². The van der Waals surface area contributed by atoms with Crippen molar-refractivity contribution in [2.24, 2.45) is 0 Å². The van der Waals surface area contributed by atoms with Crippen LogP contribution in [0.4, 0.5) is 5.82 Å². The molecule has 0 radical (unpaired) electrons. The lowest BCUT2D eigenvalue weighted by atomic mass is 10.2. The first-order chi connectivity index (χ1) is 6.44. The molecule has 0 aliphatic heterocycles. The summed E-state index contributed by atoms with van der Waals surface area (Å²) in [6, 6.07) is 0. The third-order valence-corrected chi connectivity index (χ3v) is 2.85. The van der Waals surface area contributed by atoms with Crippen molar-refractivity contribution in [3.63, 3.8) is 0 Å². The van der Waals surface area contributed by atoms with Gasteiger partial charge in [-0.3, -0.25) is 0 Å². The molecule has 4 heteroatoms. The molecular weight excluding hydrogens is 194 g/mol. The van der Waals surface area contributed by atoms with Gasteiger partial charge in [0.15, 0.2) is 0 Å². The second kappa shape index (κ2) is 4.17. The molecule has 0 spiro atoms. The first-order valence-corrected chi connectivity index (χ1v) is 5.54. The van der Waals surface area contributed by atoms with Crippen LogP contribution in [-0.2, 0) is 6.42 Å². The molecule has 0 aliphatic rings. The first-order valence-electron chi connectivity index (χ1n) is 4.72. The molecule has 0 saturated carbocycles. The summed E-state index contributed by atoms with van der Waals surface area (Å²) in [5.41, 5.74) is 6.85. The summed E-state index contributed by atoms with van der Waals surface area (Å²) < 4.78 is 0.157. The average molecular weight is 211 g/mol. The molecule has 1 aromatic rings. The molecule has 1 aromatic heterocycles. The summed E-state index contributed by atoms with van der Waals surface area (Å²) in [4.78, 5) is 8.26. The summed E-state index contributed by atoms with van der Waals surface area (Å²) >= 11 is 1.73. The van der Waals surface area contributed by atoms with Gasteiger partial charge in [-0.1, -0.05) is 27.7 Å². The number of rotatable bonds is 2. The smallest absolute Gasteiger partial charge is 0.131 e. The predicted octanol–water partition coefficient (Wildman–Crippen LogP) is 2.51. The van der Waals surface area contributed by atoms with Gasteiger partial charge in [0.1, 0.15) is 17.2 Å². The van der Waals surface area contributed by atoms with E-state index in [0.717, 1.165) is 17.0 Å². The summed E-state index contributed by atoms with van der Waals surface area (Å²) in [7, 11) is 0. The van der Waals surface area contributed by atoms with Crippen LogP contribution < -0.4 is 5.73 Å². The van der Waals surface area contributed by atoms with Gasteiger partial charge in [0, 0.05) is 10.3 Å². The standard InChI is InChI=1S/C10H17N3S/c1-5-7-8(11)12-6-13-9(7)14-10(2,3)4/h6H,5H2,1-4H3,(H2,11,12,13). The Morgan fingerprint density at radius 3 is 2.50 bits per heavy atom. The summed E-state index contributed by atoms with van der Waals surface area (Å²) in [5, 5.41) is 1.01. The lowest BCUT2D eigenvalue weighted by Gasteiger charge is -2.18. The highest BCUT2D eigenvalue weighted by atomic mass is 32.2. The number of nitrogens with two attached hydrogens (primary N) is 1. The Morgan fingerprint density at radius 2 is 2.00 bits per heavy atom. The van der Waals surface area contributed by atoms with Crippen molar-refractivity contribution in [1.82, 2.24) is 9.97 Å². The number of nitrogens with zero attached hydrogens (tertiary/aromatic N) is 2. The maximum Gasteiger partial charge on any atom is 0.131 e. The molecule has 0 aromatic carbocycles. The van der Waals surface area contributed by atoms with Crippen molar-refractivity contribution < 1.29 is 0 Å². The molecule has 0 fully saturated rings. The van der Waals surface area contributed by atoms with Crippen LogP contribution in [0.25, 0.3) is 0 Å². The Balaban J connectivity index is 3.02. The van der Waals surface area contributed by atoms with Crippen LogP contribution in [0.2, 0.25) is 0 Å². The molecule has 0 saturated heterocycles. The predicted molar refractivity (Wildman–Crippen MR) is 61.4 cm³/mol. The minimum atomic E-state index is 0.157. The maximum absolute atomic E-state index is 5.79. The van der Waals surface area contributed by atoms with Crippen LogP contribution >= 0.6 is 11.8 Å². The molecule has 0 unspecified atom stereocenters. The highest BCUT2D eigenvalue weighted by Gasteiger charge is 2.16. The van der Waals surface area contributed by atoms with Crippen LogP contribution in [-0.4, -0.2) is 14.7 Å².